The molecule has 0 N–H and O–H groups in total. The number of benzene rings is 1. The zero-order valence-electron chi connectivity index (χ0n) is 17.9. The molecule has 1 atom stereocenters. The van der Waals surface area contributed by atoms with Crippen LogP contribution in [0.5, 0.6) is 5.75 Å². The molecule has 0 saturated carbocycles. The third kappa shape index (κ3) is 3.86. The summed E-state index contributed by atoms with van der Waals surface area (Å²) in [5.41, 5.74) is 5.54. The Labute approximate surface area is 155 Å². The van der Waals surface area contributed by atoms with Crippen molar-refractivity contribution < 1.29 is 4.74 Å². The number of allylic oxidation sites excluding steroid dienone is 4. The summed E-state index contributed by atoms with van der Waals surface area (Å²) < 4.78 is 5.95. The largest absolute Gasteiger partial charge is 0.496 e. The van der Waals surface area contributed by atoms with Crippen molar-refractivity contribution in [2.45, 2.75) is 73.1 Å². The highest BCUT2D eigenvalue weighted by atomic mass is 16.5. The fourth-order valence-corrected chi connectivity index (χ4v) is 3.67. The zero-order valence-corrected chi connectivity index (χ0v) is 17.9. The van der Waals surface area contributed by atoms with Gasteiger partial charge >= 0.3 is 0 Å². The number of methoxy groups -OCH3 is 1. The summed E-state index contributed by atoms with van der Waals surface area (Å²) in [6.07, 6.45) is 7.11. The summed E-state index contributed by atoms with van der Waals surface area (Å²) in [7, 11) is 1.81. The Morgan fingerprint density at radius 3 is 1.84 bits per heavy atom. The number of rotatable bonds is 3. The predicted molar refractivity (Wildman–Crippen MR) is 110 cm³/mol. The fourth-order valence-electron chi connectivity index (χ4n) is 3.67. The minimum atomic E-state index is -0.0269. The van der Waals surface area contributed by atoms with Crippen molar-refractivity contribution >= 4 is 0 Å². The van der Waals surface area contributed by atoms with E-state index >= 15 is 0 Å². The van der Waals surface area contributed by atoms with E-state index in [-0.39, 0.29) is 16.2 Å². The van der Waals surface area contributed by atoms with Crippen molar-refractivity contribution in [2.24, 2.45) is 11.3 Å². The van der Waals surface area contributed by atoms with Gasteiger partial charge in [-0.3, -0.25) is 0 Å². The number of hydrogen-bond donors (Lipinski definition) is 0. The Bertz CT molecular complexity index is 703. The van der Waals surface area contributed by atoms with E-state index in [2.05, 4.69) is 92.7 Å². The number of aryl methyl sites for hydroxylation is 1. The van der Waals surface area contributed by atoms with Gasteiger partial charge in [0.05, 0.1) is 7.11 Å². The average molecular weight is 341 g/mol. The van der Waals surface area contributed by atoms with Crippen LogP contribution in [0, 0.1) is 18.3 Å². The molecule has 0 bridgehead atoms. The second-order valence-corrected chi connectivity index (χ2v) is 10.1. The van der Waals surface area contributed by atoms with Gasteiger partial charge in [-0.25, -0.2) is 0 Å². The summed E-state index contributed by atoms with van der Waals surface area (Å²) in [6, 6.07) is 4.59. The van der Waals surface area contributed by atoms with Gasteiger partial charge in [0.2, 0.25) is 0 Å². The molecule has 0 aromatic heterocycles. The molecule has 0 radical (unpaired) electrons. The molecule has 25 heavy (non-hydrogen) atoms. The molecule has 138 valence electrons. The molecule has 0 heterocycles. The van der Waals surface area contributed by atoms with E-state index in [1.807, 2.05) is 0 Å². The molecular weight excluding hydrogens is 304 g/mol. The molecule has 1 aromatic rings. The van der Waals surface area contributed by atoms with Gasteiger partial charge in [-0.2, -0.15) is 0 Å². The lowest BCUT2D eigenvalue weighted by molar-refractivity contribution is 0.363. The SMILES string of the molecule is COc1c(C(C)(C)C)cc(C)cc1C(C)(C)C1C=CC(C(C)(C)C)=C1. The topological polar surface area (TPSA) is 9.23 Å². The Kier molecular flexibility index (Phi) is 5.03. The molecule has 1 aromatic carbocycles. The molecule has 0 saturated heterocycles. The molecule has 2 rings (SSSR count). The van der Waals surface area contributed by atoms with Gasteiger partial charge in [-0.05, 0) is 23.3 Å². The molecular formula is C24H36O. The van der Waals surface area contributed by atoms with Gasteiger partial charge in [0.25, 0.3) is 0 Å². The molecule has 1 heteroatoms. The Morgan fingerprint density at radius 2 is 1.40 bits per heavy atom. The second-order valence-electron chi connectivity index (χ2n) is 10.1. The van der Waals surface area contributed by atoms with Crippen molar-refractivity contribution in [3.05, 3.63) is 52.6 Å². The first-order chi connectivity index (χ1) is 11.3. The van der Waals surface area contributed by atoms with E-state index < -0.39 is 0 Å². The molecule has 1 aliphatic carbocycles. The summed E-state index contributed by atoms with van der Waals surface area (Å²) in [5, 5.41) is 0. The quantitative estimate of drug-likeness (QED) is 0.592. The van der Waals surface area contributed by atoms with E-state index in [1.165, 1.54) is 22.3 Å². The third-order valence-corrected chi connectivity index (χ3v) is 5.48. The van der Waals surface area contributed by atoms with Crippen LogP contribution < -0.4 is 4.74 Å². The van der Waals surface area contributed by atoms with Crippen molar-refractivity contribution in [2.75, 3.05) is 7.11 Å². The standard InChI is InChI=1S/C24H36O/c1-16-13-19(23(5,6)7)21(25-10)20(14-16)24(8,9)18-12-11-17(15-18)22(2,3)4/h11-15,18H,1-10H3. The Balaban J connectivity index is 2.60. The normalized spacial score (nSPS) is 18.5. The van der Waals surface area contributed by atoms with Crippen molar-refractivity contribution in [1.29, 1.82) is 0 Å². The van der Waals surface area contributed by atoms with E-state index in [1.54, 1.807) is 7.11 Å². The zero-order chi connectivity index (χ0) is 19.2. The van der Waals surface area contributed by atoms with Crippen LogP contribution in [-0.4, -0.2) is 7.11 Å². The predicted octanol–water partition coefficient (Wildman–Crippen LogP) is 6.74. The first-order valence-electron chi connectivity index (χ1n) is 9.38. The number of hydrogen-bond acceptors (Lipinski definition) is 1. The van der Waals surface area contributed by atoms with E-state index in [4.69, 9.17) is 4.74 Å². The van der Waals surface area contributed by atoms with E-state index in [9.17, 15) is 0 Å². The minimum Gasteiger partial charge on any atom is -0.496 e. The van der Waals surface area contributed by atoms with Gasteiger partial charge in [-0.15, -0.1) is 0 Å². The lowest BCUT2D eigenvalue weighted by Gasteiger charge is -2.35. The van der Waals surface area contributed by atoms with Crippen molar-refractivity contribution in [3.8, 4) is 5.75 Å². The maximum absolute atomic E-state index is 5.95. The van der Waals surface area contributed by atoms with Crippen molar-refractivity contribution in [1.82, 2.24) is 0 Å². The van der Waals surface area contributed by atoms with Gasteiger partial charge in [0.1, 0.15) is 5.75 Å². The highest BCUT2D eigenvalue weighted by molar-refractivity contribution is 5.52. The molecule has 1 aliphatic rings. The molecule has 1 unspecified atom stereocenters. The highest BCUT2D eigenvalue weighted by Crippen LogP contribution is 2.46. The Morgan fingerprint density at radius 1 is 0.840 bits per heavy atom. The summed E-state index contributed by atoms with van der Waals surface area (Å²) in [4.78, 5) is 0. The highest BCUT2D eigenvalue weighted by Gasteiger charge is 2.36. The monoisotopic (exact) mass is 340 g/mol. The van der Waals surface area contributed by atoms with Gasteiger partial charge in [0, 0.05) is 22.5 Å². The molecule has 0 spiro atoms. The van der Waals surface area contributed by atoms with Crippen LogP contribution in [0.4, 0.5) is 0 Å². The average Bonchev–Trinajstić information content (AvgIpc) is 2.96. The summed E-state index contributed by atoms with van der Waals surface area (Å²) in [6.45, 7) is 20.5. The van der Waals surface area contributed by atoms with Gasteiger partial charge < -0.3 is 4.74 Å². The van der Waals surface area contributed by atoms with E-state index in [0.717, 1.165) is 5.75 Å². The van der Waals surface area contributed by atoms with Crippen LogP contribution in [0.15, 0.2) is 35.9 Å². The molecule has 0 fully saturated rings. The van der Waals surface area contributed by atoms with Gasteiger partial charge in [-0.1, -0.05) is 91.3 Å². The van der Waals surface area contributed by atoms with Crippen LogP contribution in [0.25, 0.3) is 0 Å². The Hall–Kier alpha value is -1.50. The van der Waals surface area contributed by atoms with Crippen molar-refractivity contribution in [3.63, 3.8) is 0 Å². The molecule has 0 aliphatic heterocycles. The summed E-state index contributed by atoms with van der Waals surface area (Å²) >= 11 is 0. The first-order valence-corrected chi connectivity index (χ1v) is 9.38. The molecule has 1 nitrogen and oxygen atoms in total. The maximum Gasteiger partial charge on any atom is 0.126 e. The minimum absolute atomic E-state index is 0.0269. The first kappa shape index (κ1) is 19.8. The smallest absolute Gasteiger partial charge is 0.126 e. The van der Waals surface area contributed by atoms with Gasteiger partial charge in [0.15, 0.2) is 0 Å². The van der Waals surface area contributed by atoms with Crippen LogP contribution in [0.2, 0.25) is 0 Å². The fraction of sp³-hybridized carbons (Fsp3) is 0.583. The lowest BCUT2D eigenvalue weighted by atomic mass is 9.71. The second kappa shape index (κ2) is 6.34. The van der Waals surface area contributed by atoms with Crippen LogP contribution in [0.1, 0.15) is 72.1 Å². The maximum atomic E-state index is 5.95. The van der Waals surface area contributed by atoms with Crippen LogP contribution in [-0.2, 0) is 10.8 Å². The van der Waals surface area contributed by atoms with Crippen LogP contribution >= 0.6 is 0 Å². The molecule has 0 amide bonds. The third-order valence-electron chi connectivity index (χ3n) is 5.48. The number of ether oxygens (including phenoxy) is 1. The lowest BCUT2D eigenvalue weighted by Crippen LogP contribution is -2.28. The van der Waals surface area contributed by atoms with E-state index in [0.29, 0.717) is 5.92 Å². The van der Waals surface area contributed by atoms with Crippen LogP contribution in [0.3, 0.4) is 0 Å². The summed E-state index contributed by atoms with van der Waals surface area (Å²) in [5.74, 6) is 1.43.